The predicted octanol–water partition coefficient (Wildman–Crippen LogP) is 1.69. The van der Waals surface area contributed by atoms with Crippen LogP contribution in [0.2, 0.25) is 0 Å². The fourth-order valence-corrected chi connectivity index (χ4v) is 3.32. The molecule has 0 spiro atoms. The topological polar surface area (TPSA) is 78.9 Å². The Morgan fingerprint density at radius 3 is 2.08 bits per heavy atom. The van der Waals surface area contributed by atoms with Gasteiger partial charge in [0.15, 0.2) is 5.41 Å². The van der Waals surface area contributed by atoms with Crippen molar-refractivity contribution >= 4 is 17.9 Å². The lowest BCUT2D eigenvalue weighted by Gasteiger charge is -2.32. The number of benzene rings is 1. The van der Waals surface area contributed by atoms with Crippen molar-refractivity contribution in [1.82, 2.24) is 0 Å². The zero-order valence-corrected chi connectivity index (χ0v) is 14.2. The van der Waals surface area contributed by atoms with E-state index in [1.807, 2.05) is 24.3 Å². The van der Waals surface area contributed by atoms with Crippen LogP contribution in [0.1, 0.15) is 24.0 Å². The van der Waals surface area contributed by atoms with Gasteiger partial charge in [-0.1, -0.05) is 24.3 Å². The molecular formula is C18H22O6. The Hall–Kier alpha value is -2.37. The summed E-state index contributed by atoms with van der Waals surface area (Å²) in [6.07, 6.45) is 1.21. The maximum Gasteiger partial charge on any atom is 0.323 e. The molecule has 0 heterocycles. The summed E-state index contributed by atoms with van der Waals surface area (Å²) in [5.74, 6) is -2.06. The summed E-state index contributed by atoms with van der Waals surface area (Å²) in [7, 11) is 3.83. The minimum atomic E-state index is -1.45. The van der Waals surface area contributed by atoms with Crippen molar-refractivity contribution in [2.45, 2.75) is 25.7 Å². The summed E-state index contributed by atoms with van der Waals surface area (Å²) < 4.78 is 14.7. The number of rotatable bonds is 3. The van der Waals surface area contributed by atoms with E-state index in [-0.39, 0.29) is 18.8 Å². The van der Waals surface area contributed by atoms with E-state index in [9.17, 15) is 14.4 Å². The van der Waals surface area contributed by atoms with Crippen LogP contribution in [0.15, 0.2) is 24.3 Å². The Bertz CT molecular complexity index is 620. The summed E-state index contributed by atoms with van der Waals surface area (Å²) in [6, 6.07) is 7.46. The SMILES string of the molecule is COC(=O)C1CCC(C(=O)OC)(C(=O)OC)Cc2ccccc2C1. The Balaban J connectivity index is 2.54. The highest BCUT2D eigenvalue weighted by atomic mass is 16.5. The number of ether oxygens (including phenoxy) is 3. The molecule has 24 heavy (non-hydrogen) atoms. The second-order valence-corrected chi connectivity index (χ2v) is 5.97. The maximum absolute atomic E-state index is 12.5. The quantitative estimate of drug-likeness (QED) is 0.475. The summed E-state index contributed by atoms with van der Waals surface area (Å²) in [5.41, 5.74) is 0.304. The number of carbonyl (C=O) groups excluding carboxylic acids is 3. The van der Waals surface area contributed by atoms with E-state index in [1.54, 1.807) is 0 Å². The highest BCUT2D eigenvalue weighted by Crippen LogP contribution is 2.38. The minimum absolute atomic E-state index is 0.167. The monoisotopic (exact) mass is 334 g/mol. The Labute approximate surface area is 141 Å². The molecule has 0 N–H and O–H groups in total. The second-order valence-electron chi connectivity index (χ2n) is 5.97. The first-order chi connectivity index (χ1) is 11.5. The molecule has 1 aliphatic carbocycles. The molecule has 1 aromatic carbocycles. The summed E-state index contributed by atoms with van der Waals surface area (Å²) >= 11 is 0. The van der Waals surface area contributed by atoms with E-state index in [0.29, 0.717) is 12.8 Å². The first-order valence-corrected chi connectivity index (χ1v) is 7.80. The van der Waals surface area contributed by atoms with E-state index in [4.69, 9.17) is 14.2 Å². The molecule has 0 aromatic heterocycles. The number of hydrogen-bond donors (Lipinski definition) is 0. The van der Waals surface area contributed by atoms with Crippen molar-refractivity contribution in [2.24, 2.45) is 11.3 Å². The summed E-state index contributed by atoms with van der Waals surface area (Å²) in [5, 5.41) is 0. The number of fused-ring (bicyclic) bond motifs is 1. The van der Waals surface area contributed by atoms with Crippen LogP contribution in [0.3, 0.4) is 0 Å². The number of hydrogen-bond acceptors (Lipinski definition) is 6. The van der Waals surface area contributed by atoms with Crippen LogP contribution >= 0.6 is 0 Å². The van der Waals surface area contributed by atoms with Gasteiger partial charge in [0, 0.05) is 0 Å². The molecule has 0 amide bonds. The van der Waals surface area contributed by atoms with Gasteiger partial charge in [0.25, 0.3) is 0 Å². The molecule has 130 valence electrons. The lowest BCUT2D eigenvalue weighted by molar-refractivity contribution is -0.171. The molecule has 1 aromatic rings. The molecule has 6 nitrogen and oxygen atoms in total. The van der Waals surface area contributed by atoms with Gasteiger partial charge in [0.2, 0.25) is 0 Å². The summed E-state index contributed by atoms with van der Waals surface area (Å²) in [6.45, 7) is 0. The third kappa shape index (κ3) is 3.27. The van der Waals surface area contributed by atoms with Crippen LogP contribution in [0.4, 0.5) is 0 Å². The van der Waals surface area contributed by atoms with Gasteiger partial charge in [-0.25, -0.2) is 0 Å². The molecule has 1 atom stereocenters. The first kappa shape index (κ1) is 18.0. The van der Waals surface area contributed by atoms with Crippen LogP contribution in [0.25, 0.3) is 0 Å². The normalized spacial score (nSPS) is 19.2. The molecule has 0 aliphatic heterocycles. The highest BCUT2D eigenvalue weighted by molar-refractivity contribution is 6.00. The molecule has 2 rings (SSSR count). The fraction of sp³-hybridized carbons (Fsp3) is 0.500. The number of carbonyl (C=O) groups is 3. The molecule has 6 heteroatoms. The average molecular weight is 334 g/mol. The van der Waals surface area contributed by atoms with Gasteiger partial charge in [0.1, 0.15) is 0 Å². The van der Waals surface area contributed by atoms with Crippen molar-refractivity contribution in [3.63, 3.8) is 0 Å². The van der Waals surface area contributed by atoms with Crippen LogP contribution in [-0.4, -0.2) is 39.2 Å². The van der Waals surface area contributed by atoms with Crippen molar-refractivity contribution < 1.29 is 28.6 Å². The van der Waals surface area contributed by atoms with Gasteiger partial charge >= 0.3 is 17.9 Å². The predicted molar refractivity (Wildman–Crippen MR) is 85.1 cm³/mol. The zero-order chi connectivity index (χ0) is 17.7. The Morgan fingerprint density at radius 2 is 1.54 bits per heavy atom. The smallest absolute Gasteiger partial charge is 0.323 e. The molecule has 0 saturated heterocycles. The summed E-state index contributed by atoms with van der Waals surface area (Å²) in [4.78, 5) is 37.0. The minimum Gasteiger partial charge on any atom is -0.469 e. The van der Waals surface area contributed by atoms with Gasteiger partial charge in [-0.2, -0.15) is 0 Å². The molecule has 0 saturated carbocycles. The van der Waals surface area contributed by atoms with Crippen LogP contribution < -0.4 is 0 Å². The number of esters is 3. The number of methoxy groups -OCH3 is 3. The Kier molecular flexibility index (Phi) is 5.59. The molecule has 0 radical (unpaired) electrons. The van der Waals surface area contributed by atoms with Gasteiger partial charge in [-0.05, 0) is 36.8 Å². The largest absolute Gasteiger partial charge is 0.469 e. The second kappa shape index (κ2) is 7.47. The molecule has 0 fully saturated rings. The van der Waals surface area contributed by atoms with Crippen LogP contribution in [0, 0.1) is 11.3 Å². The van der Waals surface area contributed by atoms with E-state index >= 15 is 0 Å². The van der Waals surface area contributed by atoms with E-state index in [0.717, 1.165) is 11.1 Å². The molecule has 0 bridgehead atoms. The average Bonchev–Trinajstić information content (AvgIpc) is 2.60. The van der Waals surface area contributed by atoms with Crippen molar-refractivity contribution in [3.05, 3.63) is 35.4 Å². The van der Waals surface area contributed by atoms with Crippen LogP contribution in [-0.2, 0) is 41.4 Å². The van der Waals surface area contributed by atoms with Crippen molar-refractivity contribution in [3.8, 4) is 0 Å². The van der Waals surface area contributed by atoms with Gasteiger partial charge in [0.05, 0.1) is 27.2 Å². The van der Waals surface area contributed by atoms with E-state index in [2.05, 4.69) is 0 Å². The standard InChI is InChI=1S/C18H22O6/c1-22-15(19)13-8-9-18(16(20)23-2,17(21)24-3)11-14-7-5-4-6-12(14)10-13/h4-7,13H,8-11H2,1-3H3. The van der Waals surface area contributed by atoms with Crippen molar-refractivity contribution in [2.75, 3.05) is 21.3 Å². The molecule has 1 unspecified atom stereocenters. The highest BCUT2D eigenvalue weighted by Gasteiger charge is 2.50. The third-order valence-electron chi connectivity index (χ3n) is 4.68. The fourth-order valence-electron chi connectivity index (χ4n) is 3.32. The van der Waals surface area contributed by atoms with Gasteiger partial charge in [-0.3, -0.25) is 14.4 Å². The zero-order valence-electron chi connectivity index (χ0n) is 14.2. The first-order valence-electron chi connectivity index (χ1n) is 7.80. The van der Waals surface area contributed by atoms with Crippen molar-refractivity contribution in [1.29, 1.82) is 0 Å². The van der Waals surface area contributed by atoms with Gasteiger partial charge in [-0.15, -0.1) is 0 Å². The lowest BCUT2D eigenvalue weighted by atomic mass is 9.72. The van der Waals surface area contributed by atoms with E-state index in [1.165, 1.54) is 21.3 Å². The van der Waals surface area contributed by atoms with E-state index < -0.39 is 23.3 Å². The van der Waals surface area contributed by atoms with Gasteiger partial charge < -0.3 is 14.2 Å². The molecule has 1 aliphatic rings. The maximum atomic E-state index is 12.5. The third-order valence-corrected chi connectivity index (χ3v) is 4.68. The molecular weight excluding hydrogens is 312 g/mol. The van der Waals surface area contributed by atoms with Crippen LogP contribution in [0.5, 0.6) is 0 Å². The Morgan fingerprint density at radius 1 is 0.958 bits per heavy atom. The lowest BCUT2D eigenvalue weighted by Crippen LogP contribution is -2.45.